The largest absolute Gasteiger partial charge is 0.355 e. The third kappa shape index (κ3) is 2.85. The lowest BCUT2D eigenvalue weighted by Crippen LogP contribution is -2.50. The van der Waals surface area contributed by atoms with Crippen molar-refractivity contribution in [3.63, 3.8) is 0 Å². The Balaban J connectivity index is 1.46. The van der Waals surface area contributed by atoms with Crippen LogP contribution in [0.5, 0.6) is 0 Å². The highest BCUT2D eigenvalue weighted by Gasteiger charge is 2.31. The molecule has 0 N–H and O–H groups in total. The van der Waals surface area contributed by atoms with E-state index in [0.717, 1.165) is 31.7 Å². The Kier molecular flexibility index (Phi) is 3.81. The minimum atomic E-state index is -0.0261. The zero-order chi connectivity index (χ0) is 15.6. The van der Waals surface area contributed by atoms with E-state index < -0.39 is 0 Å². The van der Waals surface area contributed by atoms with Crippen LogP contribution in [0.4, 0.5) is 5.82 Å². The number of aromatic nitrogens is 4. The van der Waals surface area contributed by atoms with E-state index in [0.29, 0.717) is 12.5 Å². The van der Waals surface area contributed by atoms with E-state index in [2.05, 4.69) is 20.0 Å². The molecule has 0 unspecified atom stereocenters. The molecule has 0 atom stereocenters. The van der Waals surface area contributed by atoms with Gasteiger partial charge < -0.3 is 4.90 Å². The SMILES string of the molecule is O=c1cccnn1CC1CN(c2ncnc3c2CCCCC3)C1. The molecular formula is C17H21N5O. The summed E-state index contributed by atoms with van der Waals surface area (Å²) in [4.78, 5) is 23.1. The van der Waals surface area contributed by atoms with Gasteiger partial charge in [0.25, 0.3) is 5.56 Å². The number of fused-ring (bicyclic) bond motifs is 1. The van der Waals surface area contributed by atoms with Gasteiger partial charge in [-0.25, -0.2) is 14.6 Å². The second-order valence-corrected chi connectivity index (χ2v) is 6.50. The van der Waals surface area contributed by atoms with Crippen molar-refractivity contribution in [1.29, 1.82) is 0 Å². The van der Waals surface area contributed by atoms with Crippen molar-refractivity contribution in [2.24, 2.45) is 5.92 Å². The summed E-state index contributed by atoms with van der Waals surface area (Å²) < 4.78 is 1.56. The molecule has 2 aliphatic rings. The molecule has 4 rings (SSSR count). The highest BCUT2D eigenvalue weighted by Crippen LogP contribution is 2.31. The van der Waals surface area contributed by atoms with E-state index in [9.17, 15) is 4.79 Å². The second-order valence-electron chi connectivity index (χ2n) is 6.50. The molecule has 1 saturated heterocycles. The van der Waals surface area contributed by atoms with Gasteiger partial charge in [-0.2, -0.15) is 5.10 Å². The fraction of sp³-hybridized carbons (Fsp3) is 0.529. The summed E-state index contributed by atoms with van der Waals surface area (Å²) in [5.74, 6) is 1.57. The van der Waals surface area contributed by atoms with Crippen LogP contribution < -0.4 is 10.5 Å². The van der Waals surface area contributed by atoms with Crippen LogP contribution in [-0.2, 0) is 19.4 Å². The first-order valence-corrected chi connectivity index (χ1v) is 8.41. The molecule has 1 fully saturated rings. The Hall–Kier alpha value is -2.24. The number of nitrogens with zero attached hydrogens (tertiary/aromatic N) is 5. The van der Waals surface area contributed by atoms with Gasteiger partial charge in [0.2, 0.25) is 0 Å². The van der Waals surface area contributed by atoms with Crippen molar-refractivity contribution in [1.82, 2.24) is 19.7 Å². The van der Waals surface area contributed by atoms with Gasteiger partial charge >= 0.3 is 0 Å². The molecule has 6 nitrogen and oxygen atoms in total. The molecule has 2 aromatic heterocycles. The van der Waals surface area contributed by atoms with E-state index in [4.69, 9.17) is 0 Å². The van der Waals surface area contributed by atoms with Crippen molar-refractivity contribution in [2.45, 2.75) is 38.6 Å². The molecule has 0 aromatic carbocycles. The molecule has 120 valence electrons. The Bertz CT molecular complexity index is 751. The predicted octanol–water partition coefficient (Wildman–Crippen LogP) is 1.44. The van der Waals surface area contributed by atoms with E-state index in [1.54, 1.807) is 29.3 Å². The average molecular weight is 311 g/mol. The van der Waals surface area contributed by atoms with Gasteiger partial charge in [0.05, 0.1) is 6.54 Å². The molecule has 0 spiro atoms. The smallest absolute Gasteiger partial charge is 0.266 e. The van der Waals surface area contributed by atoms with Gasteiger partial charge in [-0.05, 0) is 31.7 Å². The van der Waals surface area contributed by atoms with Gasteiger partial charge in [-0.3, -0.25) is 4.79 Å². The maximum atomic E-state index is 11.7. The molecule has 0 bridgehead atoms. The zero-order valence-corrected chi connectivity index (χ0v) is 13.2. The van der Waals surface area contributed by atoms with Crippen molar-refractivity contribution < 1.29 is 0 Å². The molecule has 0 saturated carbocycles. The van der Waals surface area contributed by atoms with E-state index in [-0.39, 0.29) is 5.56 Å². The summed E-state index contributed by atoms with van der Waals surface area (Å²) in [6.45, 7) is 2.56. The average Bonchev–Trinajstić information content (AvgIpc) is 2.77. The molecule has 23 heavy (non-hydrogen) atoms. The molecule has 6 heteroatoms. The van der Waals surface area contributed by atoms with Crippen LogP contribution in [0.25, 0.3) is 0 Å². The number of hydrogen-bond donors (Lipinski definition) is 0. The summed E-state index contributed by atoms with van der Waals surface area (Å²) in [6, 6.07) is 3.25. The van der Waals surface area contributed by atoms with Crippen molar-refractivity contribution >= 4 is 5.82 Å². The Labute approximate surface area is 135 Å². The molecule has 3 heterocycles. The lowest BCUT2D eigenvalue weighted by atomic mass is 9.98. The minimum absolute atomic E-state index is 0.0261. The monoisotopic (exact) mass is 311 g/mol. The molecule has 1 aliphatic carbocycles. The van der Waals surface area contributed by atoms with Crippen LogP contribution in [0.15, 0.2) is 29.5 Å². The first-order valence-electron chi connectivity index (χ1n) is 8.41. The third-order valence-corrected chi connectivity index (χ3v) is 4.83. The van der Waals surface area contributed by atoms with Gasteiger partial charge in [0.1, 0.15) is 12.1 Å². The summed E-state index contributed by atoms with van der Waals surface area (Å²) in [5.41, 5.74) is 2.55. The topological polar surface area (TPSA) is 63.9 Å². The molecule has 0 amide bonds. The predicted molar refractivity (Wildman–Crippen MR) is 87.5 cm³/mol. The summed E-state index contributed by atoms with van der Waals surface area (Å²) in [7, 11) is 0. The normalized spacial score (nSPS) is 18.2. The van der Waals surface area contributed by atoms with Crippen LogP contribution in [0.3, 0.4) is 0 Å². The van der Waals surface area contributed by atoms with E-state index in [1.807, 2.05) is 0 Å². The standard InChI is InChI=1S/C17H21N5O/c23-16-7-4-8-20-22(16)11-13-9-21(10-13)17-14-5-2-1-3-6-15(14)18-12-19-17/h4,7-8,12-13H,1-3,5-6,9-11H2. The lowest BCUT2D eigenvalue weighted by molar-refractivity contribution is 0.332. The van der Waals surface area contributed by atoms with Crippen LogP contribution in [0, 0.1) is 5.92 Å². The minimum Gasteiger partial charge on any atom is -0.355 e. The van der Waals surface area contributed by atoms with Crippen LogP contribution in [0.2, 0.25) is 0 Å². The lowest BCUT2D eigenvalue weighted by Gasteiger charge is -2.41. The van der Waals surface area contributed by atoms with Crippen LogP contribution >= 0.6 is 0 Å². The third-order valence-electron chi connectivity index (χ3n) is 4.83. The van der Waals surface area contributed by atoms with Gasteiger partial charge in [0.15, 0.2) is 0 Å². The first kappa shape index (κ1) is 14.4. The van der Waals surface area contributed by atoms with Crippen LogP contribution in [-0.4, -0.2) is 32.8 Å². The first-order chi connectivity index (χ1) is 11.3. The Morgan fingerprint density at radius 2 is 2.00 bits per heavy atom. The summed E-state index contributed by atoms with van der Waals surface area (Å²) >= 11 is 0. The second kappa shape index (κ2) is 6.10. The van der Waals surface area contributed by atoms with Crippen LogP contribution in [0.1, 0.15) is 30.5 Å². The highest BCUT2D eigenvalue weighted by molar-refractivity contribution is 5.51. The molecule has 1 aliphatic heterocycles. The number of rotatable bonds is 3. The number of hydrogen-bond acceptors (Lipinski definition) is 5. The molecule has 2 aromatic rings. The maximum absolute atomic E-state index is 11.7. The van der Waals surface area contributed by atoms with Crippen molar-refractivity contribution in [3.8, 4) is 0 Å². The number of aryl methyl sites for hydroxylation is 1. The maximum Gasteiger partial charge on any atom is 0.266 e. The fourth-order valence-electron chi connectivity index (χ4n) is 3.58. The summed E-state index contributed by atoms with van der Waals surface area (Å²) in [6.07, 6.45) is 9.28. The van der Waals surface area contributed by atoms with E-state index in [1.165, 1.54) is 30.5 Å². The van der Waals surface area contributed by atoms with Crippen molar-refractivity contribution in [3.05, 3.63) is 46.3 Å². The highest BCUT2D eigenvalue weighted by atomic mass is 16.1. The Morgan fingerprint density at radius 3 is 2.87 bits per heavy atom. The van der Waals surface area contributed by atoms with Gasteiger partial charge in [-0.1, -0.05) is 6.42 Å². The quantitative estimate of drug-likeness (QED) is 0.803. The fourth-order valence-corrected chi connectivity index (χ4v) is 3.58. The van der Waals surface area contributed by atoms with Gasteiger partial charge in [0, 0.05) is 42.5 Å². The number of anilines is 1. The van der Waals surface area contributed by atoms with Gasteiger partial charge in [-0.15, -0.1) is 0 Å². The zero-order valence-electron chi connectivity index (χ0n) is 13.2. The van der Waals surface area contributed by atoms with Crippen molar-refractivity contribution in [2.75, 3.05) is 18.0 Å². The van der Waals surface area contributed by atoms with E-state index >= 15 is 0 Å². The summed E-state index contributed by atoms with van der Waals surface area (Å²) in [5, 5.41) is 4.14. The molecule has 0 radical (unpaired) electrons. The Morgan fingerprint density at radius 1 is 1.13 bits per heavy atom. The molecular weight excluding hydrogens is 290 g/mol.